The Bertz CT molecular complexity index is 1970. The lowest BCUT2D eigenvalue weighted by Crippen LogP contribution is -2.62. The molecular weight excluding hydrogens is 787 g/mol. The third-order valence-corrected chi connectivity index (χ3v) is 10.7. The van der Waals surface area contributed by atoms with Crippen molar-refractivity contribution in [2.24, 2.45) is 11.8 Å². The Morgan fingerprint density at radius 3 is 1.62 bits per heavy atom. The molecule has 1 saturated heterocycles. The standard InChI is InChI=1S/C48H56F2N2O9/c1-5-41-33(3)42(57-28-35-18-10-6-11-19-35)43(58-29-36-20-12-7-13-21-36)44(61-41)48(49,50)27-39(52-47(56)60-31-38-24-16-9-17-25-38)40(53)26-32(2)45(54)51-34(4)46(55)59-30-37-22-14-8-15-23-37/h6-25,32-34,39,41-44H,5,26-31H2,1-4H3,(H,51,54)(H,52,56)/t32-,33+,34+,39?,41-,42+,43-,44-/m1/s1. The first-order valence-electron chi connectivity index (χ1n) is 20.7. The van der Waals surface area contributed by atoms with E-state index >= 15 is 8.78 Å². The number of Topliss-reactive ketones (excluding diaryl/α,β-unsaturated/α-hetero) is 1. The highest BCUT2D eigenvalue weighted by Crippen LogP contribution is 2.41. The summed E-state index contributed by atoms with van der Waals surface area (Å²) >= 11 is 0. The van der Waals surface area contributed by atoms with Crippen LogP contribution in [0.2, 0.25) is 0 Å². The molecule has 0 radical (unpaired) electrons. The quantitative estimate of drug-likeness (QED) is 0.0797. The molecule has 4 aromatic carbocycles. The average molecular weight is 843 g/mol. The second-order valence-electron chi connectivity index (χ2n) is 15.5. The van der Waals surface area contributed by atoms with Gasteiger partial charge in [-0.2, -0.15) is 0 Å². The smallest absolute Gasteiger partial charge is 0.408 e. The van der Waals surface area contributed by atoms with Gasteiger partial charge in [-0.25, -0.2) is 18.4 Å². The minimum Gasteiger partial charge on any atom is -0.459 e. The fourth-order valence-corrected chi connectivity index (χ4v) is 7.19. The van der Waals surface area contributed by atoms with Gasteiger partial charge in [-0.3, -0.25) is 9.59 Å². The van der Waals surface area contributed by atoms with E-state index in [-0.39, 0.29) is 32.3 Å². The van der Waals surface area contributed by atoms with Crippen LogP contribution in [-0.4, -0.2) is 66.2 Å². The van der Waals surface area contributed by atoms with Crippen molar-refractivity contribution in [2.75, 3.05) is 0 Å². The van der Waals surface area contributed by atoms with E-state index in [2.05, 4.69) is 10.6 Å². The van der Waals surface area contributed by atoms with Crippen LogP contribution < -0.4 is 10.6 Å². The highest BCUT2D eigenvalue weighted by atomic mass is 19.3. The van der Waals surface area contributed by atoms with Crippen LogP contribution in [0.15, 0.2) is 121 Å². The molecule has 13 heteroatoms. The van der Waals surface area contributed by atoms with Crippen LogP contribution in [0, 0.1) is 11.8 Å². The molecule has 0 saturated carbocycles. The van der Waals surface area contributed by atoms with Crippen molar-refractivity contribution in [3.63, 3.8) is 0 Å². The summed E-state index contributed by atoms with van der Waals surface area (Å²) in [6, 6.07) is 33.3. The van der Waals surface area contributed by atoms with Gasteiger partial charge in [0.2, 0.25) is 5.91 Å². The molecule has 8 atom stereocenters. The van der Waals surface area contributed by atoms with Crippen molar-refractivity contribution in [3.8, 4) is 0 Å². The van der Waals surface area contributed by atoms with Crippen molar-refractivity contribution in [1.29, 1.82) is 0 Å². The predicted molar refractivity (Wildman–Crippen MR) is 224 cm³/mol. The molecule has 0 aliphatic carbocycles. The van der Waals surface area contributed by atoms with E-state index in [0.717, 1.165) is 16.7 Å². The molecule has 4 aromatic rings. The second kappa shape index (κ2) is 22.9. The topological polar surface area (TPSA) is 138 Å². The monoisotopic (exact) mass is 842 g/mol. The van der Waals surface area contributed by atoms with Crippen LogP contribution in [0.1, 0.15) is 69.2 Å². The molecule has 1 heterocycles. The zero-order chi connectivity index (χ0) is 43.8. The lowest BCUT2D eigenvalue weighted by molar-refractivity contribution is -0.285. The summed E-state index contributed by atoms with van der Waals surface area (Å²) in [4.78, 5) is 53.1. The summed E-state index contributed by atoms with van der Waals surface area (Å²) in [6.07, 6.45) is -7.16. The van der Waals surface area contributed by atoms with Gasteiger partial charge in [0.25, 0.3) is 5.92 Å². The maximum Gasteiger partial charge on any atom is 0.408 e. The highest BCUT2D eigenvalue weighted by Gasteiger charge is 2.56. The van der Waals surface area contributed by atoms with Crippen molar-refractivity contribution in [3.05, 3.63) is 144 Å². The summed E-state index contributed by atoms with van der Waals surface area (Å²) in [5.74, 6) is -7.46. The summed E-state index contributed by atoms with van der Waals surface area (Å²) in [5.41, 5.74) is 3.00. The molecule has 0 bridgehead atoms. The summed E-state index contributed by atoms with van der Waals surface area (Å²) < 4.78 is 64.0. The number of alkyl carbamates (subject to hydrolysis) is 1. The molecule has 1 unspecified atom stereocenters. The Kier molecular flexibility index (Phi) is 17.5. The maximum atomic E-state index is 17.2. The fourth-order valence-electron chi connectivity index (χ4n) is 7.19. The third-order valence-electron chi connectivity index (χ3n) is 10.7. The number of ketones is 1. The van der Waals surface area contributed by atoms with Crippen molar-refractivity contribution in [1.82, 2.24) is 10.6 Å². The molecule has 11 nitrogen and oxygen atoms in total. The number of hydrogen-bond acceptors (Lipinski definition) is 9. The van der Waals surface area contributed by atoms with Crippen LogP contribution >= 0.6 is 0 Å². The number of ether oxygens (including phenoxy) is 5. The SMILES string of the molecule is CC[C@H]1O[C@@H](C(F)(F)CC(NC(=O)OCc2ccccc2)C(=O)C[C@@H](C)C(=O)N[C@@H](C)C(=O)OCc2ccccc2)[C@H](OCc2ccccc2)[C@@H](OCc2ccccc2)[C@H]1C. The number of carbonyl (C=O) groups is 4. The normalized spacial score (nSPS) is 20.4. The van der Waals surface area contributed by atoms with E-state index in [0.29, 0.717) is 12.0 Å². The molecule has 1 aliphatic rings. The van der Waals surface area contributed by atoms with Crippen molar-refractivity contribution >= 4 is 23.8 Å². The third kappa shape index (κ3) is 14.0. The number of halogens is 2. The Morgan fingerprint density at radius 2 is 1.13 bits per heavy atom. The molecule has 0 spiro atoms. The van der Waals surface area contributed by atoms with Crippen molar-refractivity contribution < 1.29 is 51.6 Å². The first-order valence-corrected chi connectivity index (χ1v) is 20.7. The molecule has 61 heavy (non-hydrogen) atoms. The van der Waals surface area contributed by atoms with E-state index in [4.69, 9.17) is 23.7 Å². The zero-order valence-corrected chi connectivity index (χ0v) is 35.0. The van der Waals surface area contributed by atoms with Crippen LogP contribution in [0.3, 0.4) is 0 Å². The van der Waals surface area contributed by atoms with E-state index in [1.165, 1.54) is 13.8 Å². The number of alkyl halides is 2. The number of hydrogen-bond donors (Lipinski definition) is 2. The van der Waals surface area contributed by atoms with E-state index < -0.39 is 84.9 Å². The van der Waals surface area contributed by atoms with Crippen LogP contribution in [0.4, 0.5) is 13.6 Å². The molecule has 0 aromatic heterocycles. The minimum absolute atomic E-state index is 0.00344. The van der Waals surface area contributed by atoms with E-state index in [9.17, 15) is 19.2 Å². The number of benzene rings is 4. The number of rotatable bonds is 21. The Hall–Kier alpha value is -5.50. The van der Waals surface area contributed by atoms with Gasteiger partial charge in [0, 0.05) is 24.7 Å². The Balaban J connectivity index is 1.35. The molecular formula is C48H56F2N2O9. The highest BCUT2D eigenvalue weighted by molar-refractivity contribution is 5.92. The van der Waals surface area contributed by atoms with E-state index in [1.54, 1.807) is 54.6 Å². The average Bonchev–Trinajstić information content (AvgIpc) is 3.27. The van der Waals surface area contributed by atoms with Crippen LogP contribution in [0.5, 0.6) is 0 Å². The van der Waals surface area contributed by atoms with Gasteiger partial charge >= 0.3 is 12.1 Å². The predicted octanol–water partition coefficient (Wildman–Crippen LogP) is 8.13. The molecule has 1 aliphatic heterocycles. The van der Waals surface area contributed by atoms with Gasteiger partial charge in [0.1, 0.15) is 31.5 Å². The maximum absolute atomic E-state index is 17.2. The minimum atomic E-state index is -3.79. The largest absolute Gasteiger partial charge is 0.459 e. The molecule has 1 fully saturated rings. The number of amides is 2. The summed E-state index contributed by atoms with van der Waals surface area (Å²) in [5, 5.41) is 4.90. The van der Waals surface area contributed by atoms with E-state index in [1.807, 2.05) is 80.6 Å². The second-order valence-corrected chi connectivity index (χ2v) is 15.5. The summed E-state index contributed by atoms with van der Waals surface area (Å²) in [6.45, 7) is 6.51. The van der Waals surface area contributed by atoms with Gasteiger partial charge in [0.05, 0.1) is 31.5 Å². The van der Waals surface area contributed by atoms with Gasteiger partial charge < -0.3 is 34.3 Å². The number of esters is 1. The lowest BCUT2D eigenvalue weighted by atomic mass is 9.83. The zero-order valence-electron chi connectivity index (χ0n) is 35.0. The van der Waals surface area contributed by atoms with Crippen LogP contribution in [0.25, 0.3) is 0 Å². The van der Waals surface area contributed by atoms with Gasteiger partial charge in [0.15, 0.2) is 5.78 Å². The van der Waals surface area contributed by atoms with Crippen LogP contribution in [-0.2, 0) is 64.5 Å². The van der Waals surface area contributed by atoms with Gasteiger partial charge in [-0.1, -0.05) is 142 Å². The van der Waals surface area contributed by atoms with Gasteiger partial charge in [-0.05, 0) is 35.6 Å². The molecule has 5 rings (SSSR count). The Morgan fingerprint density at radius 1 is 0.672 bits per heavy atom. The molecule has 2 amide bonds. The fraction of sp³-hybridized carbons (Fsp3) is 0.417. The molecule has 2 N–H and O–H groups in total. The molecule has 326 valence electrons. The lowest BCUT2D eigenvalue weighted by Gasteiger charge is -2.48. The number of nitrogens with one attached hydrogen (secondary N) is 2. The van der Waals surface area contributed by atoms with Gasteiger partial charge in [-0.15, -0.1) is 0 Å². The summed E-state index contributed by atoms with van der Waals surface area (Å²) in [7, 11) is 0. The first-order chi connectivity index (χ1) is 29.3. The number of carbonyl (C=O) groups excluding carboxylic acids is 4. The Labute approximate surface area is 356 Å². The van der Waals surface area contributed by atoms with Crippen molar-refractivity contribution in [2.45, 2.75) is 116 Å². The first kappa shape index (κ1) is 46.6.